The molecule has 23 heavy (non-hydrogen) atoms. The smallest absolute Gasteiger partial charge is 0.235 e. The first-order valence-corrected chi connectivity index (χ1v) is 7.38. The standard InChI is InChI=1S/C17H16N4O2/c18-9-12-15(11-5-2-1-3-6-11)16-13(22)7-4-8-14(16)23-17(12)20-10-21-19/h1-3,5-6,10,15H,4,7-8,19H2,(H,20,21). The summed E-state index contributed by atoms with van der Waals surface area (Å²) in [7, 11) is 0. The van der Waals surface area contributed by atoms with Gasteiger partial charge in [0.15, 0.2) is 5.78 Å². The number of carbonyl (C=O) groups excluding carboxylic acids is 1. The van der Waals surface area contributed by atoms with Crippen molar-refractivity contribution < 1.29 is 9.53 Å². The summed E-state index contributed by atoms with van der Waals surface area (Å²) in [6.45, 7) is 0. The Kier molecular flexibility index (Phi) is 4.22. The van der Waals surface area contributed by atoms with E-state index in [0.29, 0.717) is 29.7 Å². The molecule has 1 unspecified atom stereocenters. The number of nitrogens with one attached hydrogen (secondary N) is 1. The zero-order valence-corrected chi connectivity index (χ0v) is 12.5. The van der Waals surface area contributed by atoms with Gasteiger partial charge in [-0.25, -0.2) is 10.8 Å². The van der Waals surface area contributed by atoms with Crippen molar-refractivity contribution in [3.8, 4) is 6.07 Å². The van der Waals surface area contributed by atoms with Gasteiger partial charge in [0, 0.05) is 18.4 Å². The molecule has 3 N–H and O–H groups in total. The van der Waals surface area contributed by atoms with E-state index in [1.807, 2.05) is 30.3 Å². The lowest BCUT2D eigenvalue weighted by molar-refractivity contribution is -0.116. The molecule has 2 aliphatic rings. The second-order valence-electron chi connectivity index (χ2n) is 5.31. The lowest BCUT2D eigenvalue weighted by atomic mass is 9.77. The lowest BCUT2D eigenvalue weighted by Gasteiger charge is -2.30. The fourth-order valence-electron chi connectivity index (χ4n) is 2.98. The largest absolute Gasteiger partial charge is 0.442 e. The number of aliphatic imine (C=N–C) groups is 1. The summed E-state index contributed by atoms with van der Waals surface area (Å²) in [4.78, 5) is 16.5. The average molecular weight is 308 g/mol. The van der Waals surface area contributed by atoms with E-state index in [1.165, 1.54) is 6.34 Å². The number of rotatable bonds is 3. The Hall–Kier alpha value is -2.91. The van der Waals surface area contributed by atoms with E-state index in [9.17, 15) is 10.1 Å². The van der Waals surface area contributed by atoms with Crippen LogP contribution in [0.2, 0.25) is 0 Å². The number of allylic oxidation sites excluding steroid dienone is 3. The number of nitrogens with zero attached hydrogens (tertiary/aromatic N) is 2. The molecular formula is C17H16N4O2. The normalized spacial score (nSPS) is 21.0. The summed E-state index contributed by atoms with van der Waals surface area (Å²) in [5, 5.41) is 9.62. The van der Waals surface area contributed by atoms with Gasteiger partial charge in [0.1, 0.15) is 23.7 Å². The summed E-state index contributed by atoms with van der Waals surface area (Å²) in [6, 6.07) is 11.6. The van der Waals surface area contributed by atoms with Crippen molar-refractivity contribution in [3.05, 3.63) is 58.7 Å². The van der Waals surface area contributed by atoms with Crippen molar-refractivity contribution in [3.63, 3.8) is 0 Å². The molecule has 1 heterocycles. The summed E-state index contributed by atoms with van der Waals surface area (Å²) >= 11 is 0. The van der Waals surface area contributed by atoms with Crippen LogP contribution < -0.4 is 11.3 Å². The summed E-state index contributed by atoms with van der Waals surface area (Å²) in [5.74, 6) is 5.60. The van der Waals surface area contributed by atoms with Crippen LogP contribution in [0.5, 0.6) is 0 Å². The molecule has 0 radical (unpaired) electrons. The van der Waals surface area contributed by atoms with E-state index < -0.39 is 5.92 Å². The van der Waals surface area contributed by atoms with Crippen LogP contribution in [0, 0.1) is 11.3 Å². The number of hydrogen-bond donors (Lipinski definition) is 2. The number of nitrogens with two attached hydrogens (primary N) is 1. The second kappa shape index (κ2) is 6.46. The quantitative estimate of drug-likeness (QED) is 0.385. The van der Waals surface area contributed by atoms with E-state index in [0.717, 1.165) is 12.0 Å². The van der Waals surface area contributed by atoms with Crippen molar-refractivity contribution in [1.82, 2.24) is 5.43 Å². The van der Waals surface area contributed by atoms with Gasteiger partial charge in [-0.3, -0.25) is 4.79 Å². The van der Waals surface area contributed by atoms with Gasteiger partial charge in [-0.15, -0.1) is 0 Å². The molecule has 0 saturated heterocycles. The van der Waals surface area contributed by atoms with Crippen LogP contribution in [0.4, 0.5) is 0 Å². The van der Waals surface area contributed by atoms with Gasteiger partial charge in [-0.2, -0.15) is 5.26 Å². The number of carbonyl (C=O) groups is 1. The second-order valence-corrected chi connectivity index (χ2v) is 5.31. The average Bonchev–Trinajstić information content (AvgIpc) is 2.59. The molecule has 6 heteroatoms. The van der Waals surface area contributed by atoms with E-state index in [1.54, 1.807) is 0 Å². The van der Waals surface area contributed by atoms with Gasteiger partial charge in [0.2, 0.25) is 5.88 Å². The molecule has 1 atom stereocenters. The third-order valence-electron chi connectivity index (χ3n) is 3.95. The molecular weight excluding hydrogens is 292 g/mol. The van der Waals surface area contributed by atoms with Gasteiger partial charge in [-0.05, 0) is 12.0 Å². The number of hydrazine groups is 1. The molecule has 1 aliphatic carbocycles. The topological polar surface area (TPSA) is 100 Å². The Morgan fingerprint density at radius 2 is 2.13 bits per heavy atom. The maximum Gasteiger partial charge on any atom is 0.235 e. The van der Waals surface area contributed by atoms with Crippen LogP contribution in [0.1, 0.15) is 30.7 Å². The minimum Gasteiger partial charge on any atom is -0.442 e. The zero-order valence-electron chi connectivity index (χ0n) is 12.5. The van der Waals surface area contributed by atoms with Gasteiger partial charge < -0.3 is 10.2 Å². The predicted molar refractivity (Wildman–Crippen MR) is 84.6 cm³/mol. The Morgan fingerprint density at radius 3 is 2.83 bits per heavy atom. The van der Waals surface area contributed by atoms with Crippen LogP contribution in [0.25, 0.3) is 0 Å². The third kappa shape index (κ3) is 2.74. The number of ether oxygens (including phenoxy) is 1. The minimum atomic E-state index is -0.442. The highest BCUT2D eigenvalue weighted by atomic mass is 16.5. The van der Waals surface area contributed by atoms with Crippen LogP contribution in [-0.4, -0.2) is 12.1 Å². The molecule has 0 saturated carbocycles. The van der Waals surface area contributed by atoms with Gasteiger partial charge in [-0.1, -0.05) is 30.3 Å². The first kappa shape index (κ1) is 15.0. The van der Waals surface area contributed by atoms with Gasteiger partial charge >= 0.3 is 0 Å². The number of hydrogen-bond acceptors (Lipinski definition) is 5. The highest BCUT2D eigenvalue weighted by Crippen LogP contribution is 2.44. The molecule has 3 rings (SSSR count). The van der Waals surface area contributed by atoms with Crippen molar-refractivity contribution >= 4 is 12.1 Å². The van der Waals surface area contributed by atoms with E-state index in [4.69, 9.17) is 10.6 Å². The first-order chi connectivity index (χ1) is 11.3. The van der Waals surface area contributed by atoms with Crippen molar-refractivity contribution in [1.29, 1.82) is 5.26 Å². The van der Waals surface area contributed by atoms with Gasteiger partial charge in [0.25, 0.3) is 0 Å². The number of ketones is 1. The first-order valence-electron chi connectivity index (χ1n) is 7.38. The maximum absolute atomic E-state index is 12.5. The monoisotopic (exact) mass is 308 g/mol. The Labute approximate surface area is 133 Å². The Balaban J connectivity index is 2.17. The lowest BCUT2D eigenvalue weighted by Crippen LogP contribution is -2.25. The number of Topliss-reactive ketones (excluding diaryl/α,β-unsaturated/α-hetero) is 1. The van der Waals surface area contributed by atoms with Gasteiger partial charge in [0.05, 0.1) is 5.92 Å². The van der Waals surface area contributed by atoms with E-state index in [-0.39, 0.29) is 11.7 Å². The molecule has 116 valence electrons. The van der Waals surface area contributed by atoms with E-state index in [2.05, 4.69) is 16.5 Å². The predicted octanol–water partition coefficient (Wildman–Crippen LogP) is 2.03. The zero-order chi connectivity index (χ0) is 16.2. The molecule has 0 bridgehead atoms. The molecule has 0 amide bonds. The fourth-order valence-corrected chi connectivity index (χ4v) is 2.98. The molecule has 0 spiro atoms. The van der Waals surface area contributed by atoms with Crippen LogP contribution >= 0.6 is 0 Å². The highest BCUT2D eigenvalue weighted by molar-refractivity contribution is 5.99. The third-order valence-corrected chi connectivity index (χ3v) is 3.95. The number of nitriles is 1. The molecule has 1 aliphatic heterocycles. The fraction of sp³-hybridized carbons (Fsp3) is 0.235. The van der Waals surface area contributed by atoms with Crippen LogP contribution in [0.15, 0.2) is 58.1 Å². The molecule has 6 nitrogen and oxygen atoms in total. The maximum atomic E-state index is 12.5. The van der Waals surface area contributed by atoms with Crippen molar-refractivity contribution in [2.24, 2.45) is 10.8 Å². The van der Waals surface area contributed by atoms with E-state index >= 15 is 0 Å². The number of benzene rings is 1. The van der Waals surface area contributed by atoms with Crippen molar-refractivity contribution in [2.45, 2.75) is 25.2 Å². The Morgan fingerprint density at radius 1 is 1.35 bits per heavy atom. The summed E-state index contributed by atoms with van der Waals surface area (Å²) < 4.78 is 5.74. The van der Waals surface area contributed by atoms with Crippen molar-refractivity contribution in [2.75, 3.05) is 0 Å². The molecule has 0 fully saturated rings. The van der Waals surface area contributed by atoms with Crippen LogP contribution in [0.3, 0.4) is 0 Å². The summed E-state index contributed by atoms with van der Waals surface area (Å²) in [6.07, 6.45) is 3.14. The molecule has 1 aromatic rings. The summed E-state index contributed by atoms with van der Waals surface area (Å²) in [5.41, 5.74) is 4.07. The minimum absolute atomic E-state index is 0.0350. The van der Waals surface area contributed by atoms with Crippen LogP contribution in [-0.2, 0) is 9.53 Å². The Bertz CT molecular complexity index is 757. The molecule has 0 aromatic heterocycles. The highest BCUT2D eigenvalue weighted by Gasteiger charge is 2.38. The SMILES string of the molecule is N#CC1=C(/N=C\NN)OC2=C(C(=O)CCC2)C1c1ccccc1. The molecule has 1 aromatic carbocycles.